The predicted octanol–water partition coefficient (Wildman–Crippen LogP) is 5.08. The van der Waals surface area contributed by atoms with E-state index in [0.717, 1.165) is 46.8 Å². The van der Waals surface area contributed by atoms with Gasteiger partial charge in [-0.3, -0.25) is 14.5 Å². The minimum absolute atomic E-state index is 0.0841. The molecule has 1 atom stereocenters. The van der Waals surface area contributed by atoms with Gasteiger partial charge in [0.2, 0.25) is 5.91 Å². The Hall–Kier alpha value is -3.19. The molecule has 0 spiro atoms. The van der Waals surface area contributed by atoms with Crippen molar-refractivity contribution in [3.05, 3.63) is 58.4 Å². The van der Waals surface area contributed by atoms with Crippen molar-refractivity contribution in [3.8, 4) is 17.0 Å². The minimum atomic E-state index is -0.653. The molecule has 1 N–H and O–H groups in total. The maximum atomic E-state index is 12.9. The predicted molar refractivity (Wildman–Crippen MR) is 128 cm³/mol. The number of amides is 2. The molecule has 0 saturated carbocycles. The van der Waals surface area contributed by atoms with E-state index in [-0.39, 0.29) is 18.4 Å². The average Bonchev–Trinajstić information content (AvgIpc) is 3.26. The minimum Gasteiger partial charge on any atom is -0.479 e. The average molecular weight is 450 g/mol. The van der Waals surface area contributed by atoms with E-state index < -0.39 is 6.10 Å². The lowest BCUT2D eigenvalue weighted by Crippen LogP contribution is -2.47. The van der Waals surface area contributed by atoms with E-state index in [0.29, 0.717) is 11.4 Å². The number of para-hydroxylation sites is 1. The van der Waals surface area contributed by atoms with Crippen LogP contribution in [0, 0.1) is 0 Å². The summed E-state index contributed by atoms with van der Waals surface area (Å²) in [5, 5.41) is 6.07. The fraction of sp³-hybridized carbons (Fsp3) is 0.320. The highest BCUT2D eigenvalue weighted by molar-refractivity contribution is 7.09. The topological polar surface area (TPSA) is 71.5 Å². The van der Waals surface area contributed by atoms with E-state index in [9.17, 15) is 9.59 Å². The number of hydrogen-bond donors (Lipinski definition) is 1. The van der Waals surface area contributed by atoms with Gasteiger partial charge in [0.25, 0.3) is 5.91 Å². The third-order valence-corrected chi connectivity index (χ3v) is 6.36. The van der Waals surface area contributed by atoms with Gasteiger partial charge in [-0.15, -0.1) is 11.3 Å². The summed E-state index contributed by atoms with van der Waals surface area (Å²) in [5.74, 6) is 0.105. The Balaban J connectivity index is 1.61. The number of fused-ring (bicyclic) bond motifs is 1. The largest absolute Gasteiger partial charge is 0.479 e. The van der Waals surface area contributed by atoms with Crippen LogP contribution in [0.5, 0.6) is 5.75 Å². The number of carbonyl (C=O) groups is 2. The SMILES string of the molecule is CCCc1nc(-c2ccc3c(c2)N(CC(=O)Nc2ccccc2CC)C(=O)C(C)O3)cs1. The molecular formula is C25H27N3O3S. The first kappa shape index (κ1) is 22.0. The van der Waals surface area contributed by atoms with Crippen molar-refractivity contribution in [3.63, 3.8) is 0 Å². The molecule has 32 heavy (non-hydrogen) atoms. The van der Waals surface area contributed by atoms with Crippen LogP contribution in [-0.2, 0) is 22.4 Å². The number of nitrogens with one attached hydrogen (secondary N) is 1. The van der Waals surface area contributed by atoms with Crippen molar-refractivity contribution < 1.29 is 14.3 Å². The monoisotopic (exact) mass is 449 g/mol. The van der Waals surface area contributed by atoms with Crippen molar-refractivity contribution in [2.45, 2.75) is 46.1 Å². The molecule has 0 radical (unpaired) electrons. The molecule has 1 aliphatic heterocycles. The third-order valence-electron chi connectivity index (χ3n) is 5.45. The summed E-state index contributed by atoms with van der Waals surface area (Å²) in [6.45, 7) is 5.79. The van der Waals surface area contributed by atoms with Crippen molar-refractivity contribution in [1.29, 1.82) is 0 Å². The van der Waals surface area contributed by atoms with Crippen molar-refractivity contribution in [1.82, 2.24) is 4.98 Å². The number of hydrogen-bond acceptors (Lipinski definition) is 5. The van der Waals surface area contributed by atoms with Gasteiger partial charge in [-0.25, -0.2) is 4.98 Å². The van der Waals surface area contributed by atoms with Crippen molar-refractivity contribution >= 4 is 34.5 Å². The van der Waals surface area contributed by atoms with E-state index >= 15 is 0 Å². The Morgan fingerprint density at radius 2 is 2.03 bits per heavy atom. The summed E-state index contributed by atoms with van der Waals surface area (Å²) >= 11 is 1.64. The quantitative estimate of drug-likeness (QED) is 0.546. The van der Waals surface area contributed by atoms with Gasteiger partial charge < -0.3 is 10.1 Å². The first-order valence-electron chi connectivity index (χ1n) is 10.9. The first-order chi connectivity index (χ1) is 15.5. The molecule has 2 heterocycles. The number of carbonyl (C=O) groups excluding carboxylic acids is 2. The number of nitrogens with zero attached hydrogens (tertiary/aromatic N) is 2. The fourth-order valence-electron chi connectivity index (χ4n) is 3.79. The molecule has 1 aliphatic rings. The zero-order valence-electron chi connectivity index (χ0n) is 18.6. The third kappa shape index (κ3) is 4.53. The zero-order valence-corrected chi connectivity index (χ0v) is 19.4. The zero-order chi connectivity index (χ0) is 22.7. The van der Waals surface area contributed by atoms with Gasteiger partial charge in [0, 0.05) is 16.6 Å². The maximum Gasteiger partial charge on any atom is 0.268 e. The van der Waals surface area contributed by atoms with Crippen molar-refractivity contribution in [2.24, 2.45) is 0 Å². The molecule has 0 bridgehead atoms. The van der Waals surface area contributed by atoms with Crippen LogP contribution in [0.4, 0.5) is 11.4 Å². The number of benzene rings is 2. The van der Waals surface area contributed by atoms with Gasteiger partial charge >= 0.3 is 0 Å². The number of rotatable bonds is 7. The number of thiazole rings is 1. The summed E-state index contributed by atoms with van der Waals surface area (Å²) in [6.07, 6.45) is 2.14. The second-order valence-corrected chi connectivity index (χ2v) is 8.74. The number of aryl methyl sites for hydroxylation is 2. The van der Waals surface area contributed by atoms with Gasteiger partial charge in [-0.1, -0.05) is 32.0 Å². The smallest absolute Gasteiger partial charge is 0.268 e. The Labute approximate surface area is 192 Å². The van der Waals surface area contributed by atoms with Crippen LogP contribution in [0.3, 0.4) is 0 Å². The Bertz CT molecular complexity index is 1140. The Morgan fingerprint density at radius 3 is 2.81 bits per heavy atom. The molecule has 2 amide bonds. The van der Waals surface area contributed by atoms with Crippen LogP contribution in [0.25, 0.3) is 11.3 Å². The van der Waals surface area contributed by atoms with E-state index in [1.807, 2.05) is 54.8 Å². The lowest BCUT2D eigenvalue weighted by Gasteiger charge is -2.33. The molecule has 166 valence electrons. The summed E-state index contributed by atoms with van der Waals surface area (Å²) in [7, 11) is 0. The molecule has 1 unspecified atom stereocenters. The van der Waals surface area contributed by atoms with Crippen LogP contribution >= 0.6 is 11.3 Å². The van der Waals surface area contributed by atoms with E-state index in [2.05, 4.69) is 12.2 Å². The molecule has 0 saturated heterocycles. The van der Waals surface area contributed by atoms with Crippen LogP contribution < -0.4 is 15.0 Å². The molecule has 4 rings (SSSR count). The lowest BCUT2D eigenvalue weighted by molar-refractivity contribution is -0.127. The summed E-state index contributed by atoms with van der Waals surface area (Å²) < 4.78 is 5.80. The highest BCUT2D eigenvalue weighted by Gasteiger charge is 2.33. The van der Waals surface area contributed by atoms with Gasteiger partial charge in [0.1, 0.15) is 12.3 Å². The van der Waals surface area contributed by atoms with Crippen LogP contribution in [-0.4, -0.2) is 29.4 Å². The maximum absolute atomic E-state index is 12.9. The van der Waals surface area contributed by atoms with Crippen LogP contribution in [0.2, 0.25) is 0 Å². The summed E-state index contributed by atoms with van der Waals surface area (Å²) in [5.41, 5.74) is 4.18. The second-order valence-electron chi connectivity index (χ2n) is 7.80. The number of anilines is 2. The lowest BCUT2D eigenvalue weighted by atomic mass is 10.1. The highest BCUT2D eigenvalue weighted by Crippen LogP contribution is 2.38. The standard InChI is InChI=1S/C25H27N3O3S/c1-4-8-24-27-20(15-32-24)18-11-12-22-21(13-18)28(25(30)16(3)31-22)14-23(29)26-19-10-7-6-9-17(19)5-2/h6-7,9-13,15-16H,4-5,8,14H2,1-3H3,(H,26,29). The molecule has 6 nitrogen and oxygen atoms in total. The molecule has 0 fully saturated rings. The molecule has 7 heteroatoms. The molecule has 0 aliphatic carbocycles. The second kappa shape index (κ2) is 9.53. The molecular weight excluding hydrogens is 422 g/mol. The Kier molecular flexibility index (Phi) is 6.55. The summed E-state index contributed by atoms with van der Waals surface area (Å²) in [6, 6.07) is 13.4. The summed E-state index contributed by atoms with van der Waals surface area (Å²) in [4.78, 5) is 32.0. The van der Waals surface area contributed by atoms with Crippen LogP contribution in [0.15, 0.2) is 47.8 Å². The van der Waals surface area contributed by atoms with E-state index in [1.165, 1.54) is 4.90 Å². The van der Waals surface area contributed by atoms with Gasteiger partial charge in [-0.2, -0.15) is 0 Å². The molecule has 3 aromatic rings. The molecule has 1 aromatic heterocycles. The first-order valence-corrected chi connectivity index (χ1v) is 11.8. The van der Waals surface area contributed by atoms with Gasteiger partial charge in [0.05, 0.1) is 16.4 Å². The van der Waals surface area contributed by atoms with Gasteiger partial charge in [-0.05, 0) is 56.0 Å². The number of aromatic nitrogens is 1. The van der Waals surface area contributed by atoms with E-state index in [4.69, 9.17) is 9.72 Å². The van der Waals surface area contributed by atoms with Gasteiger partial charge in [0.15, 0.2) is 6.10 Å². The number of ether oxygens (including phenoxy) is 1. The highest BCUT2D eigenvalue weighted by atomic mass is 32.1. The molecule has 2 aromatic carbocycles. The van der Waals surface area contributed by atoms with E-state index in [1.54, 1.807) is 18.3 Å². The fourth-order valence-corrected chi connectivity index (χ4v) is 4.69. The normalized spacial score (nSPS) is 15.3. The Morgan fingerprint density at radius 1 is 1.22 bits per heavy atom. The van der Waals surface area contributed by atoms with Crippen molar-refractivity contribution in [2.75, 3.05) is 16.8 Å². The van der Waals surface area contributed by atoms with Crippen LogP contribution in [0.1, 0.15) is 37.8 Å².